The van der Waals surface area contributed by atoms with E-state index in [0.717, 1.165) is 12.1 Å². The molecule has 0 aliphatic carbocycles. The molecule has 1 aliphatic rings. The van der Waals surface area contributed by atoms with Gasteiger partial charge in [0.05, 0.1) is 6.61 Å². The van der Waals surface area contributed by atoms with Crippen molar-refractivity contribution < 1.29 is 49.6 Å². The van der Waals surface area contributed by atoms with Gasteiger partial charge >= 0.3 is 0 Å². The first-order chi connectivity index (χ1) is 15.2. The molecule has 1 aliphatic heterocycles. The van der Waals surface area contributed by atoms with E-state index in [1.165, 1.54) is 24.3 Å². The van der Waals surface area contributed by atoms with Crippen LogP contribution in [0, 0.1) is 0 Å². The predicted molar refractivity (Wildman–Crippen MR) is 107 cm³/mol. The Bertz CT molecular complexity index is 1190. The van der Waals surface area contributed by atoms with E-state index >= 15 is 0 Å². The first-order valence-corrected chi connectivity index (χ1v) is 9.50. The van der Waals surface area contributed by atoms with Crippen LogP contribution >= 0.6 is 0 Å². The summed E-state index contributed by atoms with van der Waals surface area (Å²) in [5.41, 5.74) is -0.801. The average Bonchev–Trinajstić information content (AvgIpc) is 2.75. The monoisotopic (exact) mass is 448 g/mol. The fraction of sp³-hybridized carbons (Fsp3) is 0.286. The molecule has 2 aromatic carbocycles. The van der Waals surface area contributed by atoms with Crippen molar-refractivity contribution in [1.82, 2.24) is 0 Å². The zero-order valence-electron chi connectivity index (χ0n) is 16.3. The normalized spacial score (nSPS) is 25.7. The van der Waals surface area contributed by atoms with E-state index in [9.17, 15) is 40.5 Å². The summed E-state index contributed by atoms with van der Waals surface area (Å²) in [4.78, 5) is 13.2. The Morgan fingerprint density at radius 1 is 0.906 bits per heavy atom. The molecule has 0 amide bonds. The largest absolute Gasteiger partial charge is 0.508 e. The van der Waals surface area contributed by atoms with Gasteiger partial charge in [0, 0.05) is 17.7 Å². The number of benzene rings is 2. The predicted octanol–water partition coefficient (Wildman–Crippen LogP) is -0.244. The molecule has 0 spiro atoms. The van der Waals surface area contributed by atoms with Crippen LogP contribution in [0.1, 0.15) is 0 Å². The van der Waals surface area contributed by atoms with Gasteiger partial charge < -0.3 is 49.6 Å². The fourth-order valence-corrected chi connectivity index (χ4v) is 3.46. The first kappa shape index (κ1) is 21.9. The van der Waals surface area contributed by atoms with Crippen LogP contribution in [0.25, 0.3) is 22.3 Å². The van der Waals surface area contributed by atoms with Gasteiger partial charge in [-0.2, -0.15) is 0 Å². The second-order valence-corrected chi connectivity index (χ2v) is 7.29. The van der Waals surface area contributed by atoms with Gasteiger partial charge in [0.2, 0.25) is 17.5 Å². The van der Waals surface area contributed by atoms with E-state index in [-0.39, 0.29) is 33.8 Å². The van der Waals surface area contributed by atoms with Crippen molar-refractivity contribution in [1.29, 1.82) is 0 Å². The van der Waals surface area contributed by atoms with Gasteiger partial charge in [-0.25, -0.2) is 0 Å². The van der Waals surface area contributed by atoms with Crippen molar-refractivity contribution in [3.05, 3.63) is 46.6 Å². The molecule has 7 N–H and O–H groups in total. The van der Waals surface area contributed by atoms with Crippen LogP contribution in [0.3, 0.4) is 0 Å². The summed E-state index contributed by atoms with van der Waals surface area (Å²) in [5.74, 6) is -1.73. The molecule has 4 rings (SSSR count). The molecule has 32 heavy (non-hydrogen) atoms. The van der Waals surface area contributed by atoms with Gasteiger partial charge in [0.15, 0.2) is 5.76 Å². The molecule has 1 aromatic heterocycles. The van der Waals surface area contributed by atoms with Gasteiger partial charge in [-0.15, -0.1) is 0 Å². The second kappa shape index (κ2) is 8.30. The van der Waals surface area contributed by atoms with Crippen molar-refractivity contribution in [3.63, 3.8) is 0 Å². The number of aliphatic hydroxyl groups excluding tert-OH is 4. The number of aromatic hydroxyl groups is 3. The summed E-state index contributed by atoms with van der Waals surface area (Å²) in [6.45, 7) is -0.706. The second-order valence-electron chi connectivity index (χ2n) is 7.29. The number of rotatable bonds is 4. The first-order valence-electron chi connectivity index (χ1n) is 9.50. The molecule has 5 atom stereocenters. The smallest absolute Gasteiger partial charge is 0.239 e. The van der Waals surface area contributed by atoms with Gasteiger partial charge in [-0.1, -0.05) is 0 Å². The lowest BCUT2D eigenvalue weighted by molar-refractivity contribution is -0.277. The van der Waals surface area contributed by atoms with Gasteiger partial charge in [-0.3, -0.25) is 4.79 Å². The molecule has 1 saturated heterocycles. The molecule has 3 aromatic rings. The lowest BCUT2D eigenvalue weighted by atomic mass is 9.99. The summed E-state index contributed by atoms with van der Waals surface area (Å²) >= 11 is 0. The van der Waals surface area contributed by atoms with Crippen LogP contribution in [0.15, 0.2) is 45.6 Å². The summed E-state index contributed by atoms with van der Waals surface area (Å²) in [6.07, 6.45) is -8.16. The zero-order valence-corrected chi connectivity index (χ0v) is 16.3. The molecule has 170 valence electrons. The maximum absolute atomic E-state index is 13.2. The SMILES string of the molecule is O=c1c(O[C@@H]2O[C@H](CO)[C@@H](O)C(O)C2O)c(-c2ccc(O)cc2)oc2cc(O)cc(O)c12. The Morgan fingerprint density at radius 2 is 1.59 bits per heavy atom. The number of ether oxygens (including phenoxy) is 2. The molecule has 2 unspecified atom stereocenters. The highest BCUT2D eigenvalue weighted by atomic mass is 16.7. The Kier molecular flexibility index (Phi) is 5.67. The summed E-state index contributed by atoms with van der Waals surface area (Å²) in [6, 6.07) is 7.48. The summed E-state index contributed by atoms with van der Waals surface area (Å²) in [5, 5.41) is 68.8. The zero-order chi connectivity index (χ0) is 23.2. The van der Waals surface area contributed by atoms with Crippen molar-refractivity contribution in [3.8, 4) is 34.3 Å². The average molecular weight is 448 g/mol. The Hall–Kier alpha value is -3.35. The molecule has 2 heterocycles. The minimum Gasteiger partial charge on any atom is -0.508 e. The number of fused-ring (bicyclic) bond motifs is 1. The van der Waals surface area contributed by atoms with E-state index in [2.05, 4.69) is 0 Å². The topological polar surface area (TPSA) is 190 Å². The van der Waals surface area contributed by atoms with Gasteiger partial charge in [-0.05, 0) is 24.3 Å². The third kappa shape index (κ3) is 3.72. The highest BCUT2D eigenvalue weighted by Gasteiger charge is 2.45. The fourth-order valence-electron chi connectivity index (χ4n) is 3.46. The molecule has 11 heteroatoms. The minimum atomic E-state index is -1.80. The number of hydrogen-bond donors (Lipinski definition) is 7. The quantitative estimate of drug-likeness (QED) is 0.279. The van der Waals surface area contributed by atoms with Crippen LogP contribution < -0.4 is 10.2 Å². The lowest BCUT2D eigenvalue weighted by Gasteiger charge is -2.39. The van der Waals surface area contributed by atoms with Crippen LogP contribution in [0.4, 0.5) is 0 Å². The van der Waals surface area contributed by atoms with Crippen LogP contribution in [0.2, 0.25) is 0 Å². The number of phenolic OH excluding ortho intramolecular Hbond substituents is 3. The molecule has 0 saturated carbocycles. The van der Waals surface area contributed by atoms with Gasteiger partial charge in [0.1, 0.15) is 52.6 Å². The minimum absolute atomic E-state index is 0.0661. The van der Waals surface area contributed by atoms with Crippen molar-refractivity contribution in [2.24, 2.45) is 0 Å². The lowest BCUT2D eigenvalue weighted by Crippen LogP contribution is -2.60. The Balaban J connectivity index is 1.89. The molecule has 11 nitrogen and oxygen atoms in total. The highest BCUT2D eigenvalue weighted by Crippen LogP contribution is 2.37. The van der Waals surface area contributed by atoms with Crippen molar-refractivity contribution in [2.75, 3.05) is 6.61 Å². The maximum Gasteiger partial charge on any atom is 0.239 e. The molecule has 0 bridgehead atoms. The van der Waals surface area contributed by atoms with Crippen LogP contribution in [-0.4, -0.2) is 73.1 Å². The standard InChI is InChI=1S/C21H20O11/c22-7-13-15(26)17(28)18(29)21(31-13)32-20-16(27)14-11(25)5-10(24)6-12(14)30-19(20)8-1-3-9(23)4-2-8/h1-6,13,15,17-18,21-26,28-29H,7H2/t13-,15-,17?,18?,21+/m1/s1. The van der Waals surface area contributed by atoms with E-state index in [4.69, 9.17) is 13.9 Å². The highest BCUT2D eigenvalue weighted by molar-refractivity contribution is 5.88. The Morgan fingerprint density at radius 3 is 2.25 bits per heavy atom. The van der Waals surface area contributed by atoms with E-state index < -0.39 is 54.2 Å². The molecular weight excluding hydrogens is 428 g/mol. The van der Waals surface area contributed by atoms with E-state index in [0.29, 0.717) is 0 Å². The van der Waals surface area contributed by atoms with Crippen molar-refractivity contribution in [2.45, 2.75) is 30.7 Å². The van der Waals surface area contributed by atoms with Crippen LogP contribution in [0.5, 0.6) is 23.0 Å². The van der Waals surface area contributed by atoms with E-state index in [1.807, 2.05) is 0 Å². The number of aliphatic hydroxyl groups is 4. The third-order valence-corrected chi connectivity index (χ3v) is 5.13. The molecule has 0 radical (unpaired) electrons. The molecular formula is C21H20O11. The summed E-state index contributed by atoms with van der Waals surface area (Å²) < 4.78 is 16.6. The van der Waals surface area contributed by atoms with Crippen molar-refractivity contribution >= 4 is 11.0 Å². The Labute approximate surface area is 179 Å². The number of hydrogen-bond acceptors (Lipinski definition) is 11. The number of phenols is 3. The van der Waals surface area contributed by atoms with Gasteiger partial charge in [0.25, 0.3) is 0 Å². The third-order valence-electron chi connectivity index (χ3n) is 5.13. The maximum atomic E-state index is 13.2. The van der Waals surface area contributed by atoms with E-state index in [1.54, 1.807) is 0 Å². The summed E-state index contributed by atoms with van der Waals surface area (Å²) in [7, 11) is 0. The van der Waals surface area contributed by atoms with Crippen LogP contribution in [-0.2, 0) is 4.74 Å². The molecule has 1 fully saturated rings.